The Morgan fingerprint density at radius 3 is 2.05 bits per heavy atom. The molecule has 0 bridgehead atoms. The molecule has 0 saturated carbocycles. The summed E-state index contributed by atoms with van der Waals surface area (Å²) in [5, 5.41) is 2.51. The second-order valence-electron chi connectivity index (χ2n) is 5.14. The van der Waals surface area contributed by atoms with Gasteiger partial charge in [0, 0.05) is 29.9 Å². The smallest absolute Gasteiger partial charge is 0.0541 e. The van der Waals surface area contributed by atoms with Crippen LogP contribution in [0.1, 0.15) is 0 Å². The summed E-state index contributed by atoms with van der Waals surface area (Å²) in [7, 11) is 0. The maximum absolute atomic E-state index is 3.59. The van der Waals surface area contributed by atoms with Gasteiger partial charge in [-0.2, -0.15) is 0 Å². The summed E-state index contributed by atoms with van der Waals surface area (Å²) in [6.07, 6.45) is 0. The molecule has 0 N–H and O–H groups in total. The molecule has 4 heteroatoms. The van der Waals surface area contributed by atoms with Gasteiger partial charge >= 0.3 is 0 Å². The predicted octanol–water partition coefficient (Wildman–Crippen LogP) is 7.07. The molecule has 4 rings (SSSR count). The fraction of sp³-hybridized carbons (Fsp3) is 0. The third-order valence-electron chi connectivity index (χ3n) is 3.74. The summed E-state index contributed by atoms with van der Waals surface area (Å²) >= 11 is 10.8. The van der Waals surface area contributed by atoms with Crippen molar-refractivity contribution in [2.75, 3.05) is 0 Å². The molecule has 0 fully saturated rings. The van der Waals surface area contributed by atoms with E-state index < -0.39 is 0 Å². The molecular weight excluding hydrogens is 470 g/mol. The molecule has 0 atom stereocenters. The summed E-state index contributed by atoms with van der Waals surface area (Å²) in [5.74, 6) is 0. The Labute approximate surface area is 153 Å². The molecule has 0 unspecified atom stereocenters. The van der Waals surface area contributed by atoms with Gasteiger partial charge < -0.3 is 4.57 Å². The van der Waals surface area contributed by atoms with E-state index in [1.54, 1.807) is 0 Å². The molecule has 0 aliphatic carbocycles. The quantitative estimate of drug-likeness (QED) is 0.275. The average molecular weight is 480 g/mol. The van der Waals surface area contributed by atoms with E-state index in [0.717, 1.165) is 19.1 Å². The van der Waals surface area contributed by atoms with Crippen LogP contribution in [-0.2, 0) is 0 Å². The molecule has 3 aromatic carbocycles. The number of nitrogens with zero attached hydrogens (tertiary/aromatic N) is 1. The first-order valence-electron chi connectivity index (χ1n) is 6.79. The van der Waals surface area contributed by atoms with Crippen LogP contribution in [0.5, 0.6) is 0 Å². The van der Waals surface area contributed by atoms with Gasteiger partial charge in [-0.3, -0.25) is 0 Å². The number of halogens is 3. The minimum absolute atomic E-state index is 1.06. The van der Waals surface area contributed by atoms with Crippen molar-refractivity contribution in [3.63, 3.8) is 0 Å². The first-order chi connectivity index (χ1) is 10.6. The minimum Gasteiger partial charge on any atom is -0.309 e. The van der Waals surface area contributed by atoms with Crippen molar-refractivity contribution in [1.29, 1.82) is 0 Å². The zero-order valence-electron chi connectivity index (χ0n) is 11.4. The number of benzene rings is 3. The van der Waals surface area contributed by atoms with Crippen LogP contribution >= 0.6 is 47.8 Å². The summed E-state index contributed by atoms with van der Waals surface area (Å²) in [6.45, 7) is 0. The minimum atomic E-state index is 1.06. The van der Waals surface area contributed by atoms with Gasteiger partial charge in [-0.15, -0.1) is 0 Å². The Hall–Kier alpha value is -1.10. The van der Waals surface area contributed by atoms with Crippen molar-refractivity contribution in [3.05, 3.63) is 74.1 Å². The monoisotopic (exact) mass is 477 g/mol. The molecule has 4 aromatic rings. The Bertz CT molecular complexity index is 997. The molecule has 22 heavy (non-hydrogen) atoms. The van der Waals surface area contributed by atoms with Crippen LogP contribution in [0, 0.1) is 0 Å². The van der Waals surface area contributed by atoms with Crippen LogP contribution in [0.2, 0.25) is 0 Å². The lowest BCUT2D eigenvalue weighted by Gasteiger charge is -2.09. The zero-order valence-corrected chi connectivity index (χ0v) is 16.1. The van der Waals surface area contributed by atoms with E-state index in [1.807, 2.05) is 6.07 Å². The first-order valence-corrected chi connectivity index (χ1v) is 9.16. The van der Waals surface area contributed by atoms with E-state index >= 15 is 0 Å². The fourth-order valence-corrected chi connectivity index (χ4v) is 4.52. The molecule has 108 valence electrons. The van der Waals surface area contributed by atoms with Crippen molar-refractivity contribution in [2.45, 2.75) is 0 Å². The van der Waals surface area contributed by atoms with Gasteiger partial charge in [0.25, 0.3) is 0 Å². The van der Waals surface area contributed by atoms with Gasteiger partial charge in [-0.25, -0.2) is 0 Å². The fourth-order valence-electron chi connectivity index (χ4n) is 2.89. The van der Waals surface area contributed by atoms with Crippen LogP contribution in [0.15, 0.2) is 74.1 Å². The molecule has 0 amide bonds. The van der Waals surface area contributed by atoms with Crippen molar-refractivity contribution < 1.29 is 0 Å². The highest BCUT2D eigenvalue weighted by molar-refractivity contribution is 9.11. The van der Waals surface area contributed by atoms with Crippen LogP contribution < -0.4 is 0 Å². The number of para-hydroxylation sites is 1. The highest BCUT2D eigenvalue weighted by atomic mass is 79.9. The molecule has 0 aliphatic heterocycles. The average Bonchev–Trinajstić information content (AvgIpc) is 2.80. The summed E-state index contributed by atoms with van der Waals surface area (Å²) in [5.41, 5.74) is 3.55. The Kier molecular flexibility index (Phi) is 3.63. The third kappa shape index (κ3) is 2.34. The molecule has 1 heterocycles. The number of aromatic nitrogens is 1. The van der Waals surface area contributed by atoms with Crippen molar-refractivity contribution in [1.82, 2.24) is 4.57 Å². The standard InChI is InChI=1S/C18H10Br3N/c19-11-5-6-18-16(10-11)15-3-1-2-4-17(15)22(18)14-8-12(20)7-13(21)9-14/h1-10H. The number of rotatable bonds is 1. The zero-order chi connectivity index (χ0) is 15.3. The molecule has 0 spiro atoms. The van der Waals surface area contributed by atoms with Crippen LogP contribution in [0.25, 0.3) is 27.5 Å². The summed E-state index contributed by atoms with van der Waals surface area (Å²) in [4.78, 5) is 0. The molecule has 1 nitrogen and oxygen atoms in total. The van der Waals surface area contributed by atoms with Gasteiger partial charge in [0.15, 0.2) is 0 Å². The van der Waals surface area contributed by atoms with Crippen molar-refractivity contribution >= 4 is 69.6 Å². The lowest BCUT2D eigenvalue weighted by Crippen LogP contribution is -1.93. The lowest BCUT2D eigenvalue weighted by atomic mass is 10.2. The van der Waals surface area contributed by atoms with E-state index in [4.69, 9.17) is 0 Å². The van der Waals surface area contributed by atoms with Crippen LogP contribution in [0.3, 0.4) is 0 Å². The maximum Gasteiger partial charge on any atom is 0.0541 e. The van der Waals surface area contributed by atoms with E-state index in [9.17, 15) is 0 Å². The highest BCUT2D eigenvalue weighted by Crippen LogP contribution is 2.35. The van der Waals surface area contributed by atoms with E-state index in [-0.39, 0.29) is 0 Å². The second-order valence-corrected chi connectivity index (χ2v) is 7.89. The maximum atomic E-state index is 3.59. The van der Waals surface area contributed by atoms with Gasteiger partial charge in [-0.1, -0.05) is 66.0 Å². The molecule has 0 saturated heterocycles. The SMILES string of the molecule is Brc1cc(Br)cc(-n2c3ccccc3c3cc(Br)ccc32)c1. The van der Waals surface area contributed by atoms with Crippen LogP contribution in [-0.4, -0.2) is 4.57 Å². The largest absolute Gasteiger partial charge is 0.309 e. The number of fused-ring (bicyclic) bond motifs is 3. The summed E-state index contributed by atoms with van der Waals surface area (Å²) < 4.78 is 5.50. The molecule has 0 radical (unpaired) electrons. The first kappa shape index (κ1) is 14.5. The lowest BCUT2D eigenvalue weighted by molar-refractivity contribution is 1.17. The Morgan fingerprint density at radius 1 is 0.591 bits per heavy atom. The van der Waals surface area contributed by atoms with Gasteiger partial charge in [0.1, 0.15) is 0 Å². The van der Waals surface area contributed by atoms with E-state index in [2.05, 4.69) is 107 Å². The Morgan fingerprint density at radius 2 is 1.27 bits per heavy atom. The van der Waals surface area contributed by atoms with Crippen molar-refractivity contribution in [2.24, 2.45) is 0 Å². The molecular formula is C18H10Br3N. The molecule has 1 aromatic heterocycles. The number of hydrogen-bond acceptors (Lipinski definition) is 0. The third-order valence-corrected chi connectivity index (χ3v) is 5.15. The topological polar surface area (TPSA) is 4.93 Å². The van der Waals surface area contributed by atoms with Gasteiger partial charge in [-0.05, 0) is 42.5 Å². The highest BCUT2D eigenvalue weighted by Gasteiger charge is 2.12. The molecule has 0 aliphatic rings. The van der Waals surface area contributed by atoms with Crippen LogP contribution in [0.4, 0.5) is 0 Å². The van der Waals surface area contributed by atoms with E-state index in [0.29, 0.717) is 0 Å². The van der Waals surface area contributed by atoms with Crippen molar-refractivity contribution in [3.8, 4) is 5.69 Å². The number of hydrogen-bond donors (Lipinski definition) is 0. The van der Waals surface area contributed by atoms with Gasteiger partial charge in [0.2, 0.25) is 0 Å². The Balaban J connectivity index is 2.19. The predicted molar refractivity (Wildman–Crippen MR) is 104 cm³/mol. The summed E-state index contributed by atoms with van der Waals surface area (Å²) in [6, 6.07) is 21.3. The van der Waals surface area contributed by atoms with Gasteiger partial charge in [0.05, 0.1) is 11.0 Å². The second kappa shape index (κ2) is 5.52. The van der Waals surface area contributed by atoms with E-state index in [1.165, 1.54) is 21.8 Å². The normalized spacial score (nSPS) is 11.4.